The molecule has 0 saturated heterocycles. The summed E-state index contributed by atoms with van der Waals surface area (Å²) in [6.07, 6.45) is 0.535. The summed E-state index contributed by atoms with van der Waals surface area (Å²) in [6.45, 7) is 0. The molecule has 0 spiro atoms. The molecule has 2 atom stereocenters. The van der Waals surface area contributed by atoms with Crippen molar-refractivity contribution in [3.8, 4) is 0 Å². The highest BCUT2D eigenvalue weighted by atomic mass is 16.3. The van der Waals surface area contributed by atoms with Gasteiger partial charge < -0.3 is 20.8 Å². The van der Waals surface area contributed by atoms with Gasteiger partial charge in [-0.25, -0.2) is 0 Å². The number of aliphatic hydroxyl groups is 2. The zero-order valence-corrected chi connectivity index (χ0v) is 29.7. The van der Waals surface area contributed by atoms with E-state index in [-0.39, 0.29) is 25.7 Å². The second-order valence-electron chi connectivity index (χ2n) is 13.9. The van der Waals surface area contributed by atoms with E-state index in [0.29, 0.717) is 0 Å². The number of hydrogen-bond donors (Lipinski definition) is 4. The third kappa shape index (κ3) is 10.2. The van der Waals surface area contributed by atoms with E-state index in [4.69, 9.17) is 0 Å². The van der Waals surface area contributed by atoms with Crippen LogP contribution in [0.4, 0.5) is 0 Å². The lowest BCUT2D eigenvalue weighted by Crippen LogP contribution is -2.51. The summed E-state index contributed by atoms with van der Waals surface area (Å²) in [5, 5.41) is 31.4. The summed E-state index contributed by atoms with van der Waals surface area (Å²) in [5.74, 6) is -1.09. The molecule has 0 fully saturated rings. The maximum atomic E-state index is 14.0. The van der Waals surface area contributed by atoms with Crippen molar-refractivity contribution in [2.45, 2.75) is 55.4 Å². The molecule has 6 rings (SSSR count). The molecule has 4 N–H and O–H groups in total. The summed E-state index contributed by atoms with van der Waals surface area (Å²) >= 11 is 0. The molecule has 0 heterocycles. The monoisotopic (exact) mass is 702 g/mol. The molecule has 6 heteroatoms. The summed E-state index contributed by atoms with van der Waals surface area (Å²) in [5.41, 5.74) is 2.21. The van der Waals surface area contributed by atoms with Gasteiger partial charge in [0.1, 0.15) is 6.42 Å². The molecule has 0 bridgehead atoms. The molecule has 0 saturated carbocycles. The maximum Gasteiger partial charge on any atom is 0.230 e. The van der Waals surface area contributed by atoms with Crippen molar-refractivity contribution in [1.82, 2.24) is 10.6 Å². The van der Waals surface area contributed by atoms with Crippen LogP contribution in [0.5, 0.6) is 0 Å². The highest BCUT2D eigenvalue weighted by molar-refractivity contribution is 5.97. The number of hydrogen-bond acceptors (Lipinski definition) is 4. The molecular weight excluding hydrogens is 657 g/mol. The lowest BCUT2D eigenvalue weighted by Gasteiger charge is -2.38. The van der Waals surface area contributed by atoms with Crippen LogP contribution in [0.2, 0.25) is 0 Å². The number of rotatable bonds is 16. The van der Waals surface area contributed by atoms with E-state index in [1.54, 1.807) is 0 Å². The van der Waals surface area contributed by atoms with Crippen LogP contribution in [-0.4, -0.2) is 33.2 Å². The van der Waals surface area contributed by atoms with Gasteiger partial charge in [-0.05, 0) is 33.4 Å². The Morgan fingerprint density at radius 1 is 0.396 bits per heavy atom. The minimum absolute atomic E-state index is 0.261. The van der Waals surface area contributed by atoms with E-state index in [0.717, 1.165) is 33.4 Å². The molecule has 53 heavy (non-hydrogen) atoms. The van der Waals surface area contributed by atoms with Crippen molar-refractivity contribution in [3.05, 3.63) is 215 Å². The molecule has 0 aromatic heterocycles. The number of carbonyl (C=O) groups is 2. The normalized spacial score (nSPS) is 12.7. The van der Waals surface area contributed by atoms with Crippen molar-refractivity contribution in [3.63, 3.8) is 0 Å². The summed E-state index contributed by atoms with van der Waals surface area (Å²) < 4.78 is 0. The van der Waals surface area contributed by atoms with E-state index in [1.807, 2.05) is 182 Å². The Morgan fingerprint density at radius 3 is 0.868 bits per heavy atom. The number of nitrogens with one attached hydrogen (secondary N) is 2. The highest BCUT2D eigenvalue weighted by Crippen LogP contribution is 2.35. The Morgan fingerprint density at radius 2 is 0.623 bits per heavy atom. The molecule has 6 aromatic rings. The van der Waals surface area contributed by atoms with Gasteiger partial charge in [0.15, 0.2) is 0 Å². The van der Waals surface area contributed by atoms with Crippen LogP contribution < -0.4 is 10.6 Å². The molecule has 0 radical (unpaired) electrons. The third-order valence-corrected chi connectivity index (χ3v) is 9.68. The van der Waals surface area contributed by atoms with Crippen LogP contribution >= 0.6 is 0 Å². The zero-order chi connectivity index (χ0) is 36.9. The van der Waals surface area contributed by atoms with Gasteiger partial charge in [0.05, 0.1) is 23.3 Å². The standard InChI is InChI=1S/C47H46N2O4/c50-42(48-44(40-27-15-5-16-28-40)46(52,32-36-19-7-1-8-20-36)33-37-21-9-2-10-22-37)31-43(51)49-45(41-29-17-6-18-30-41)47(53,34-38-23-11-3-12-24-38)35-39-25-13-4-14-26-39/h1-30,44-45,52-53H,31-35H2,(H,48,50)(H,49,51). The Bertz CT molecular complexity index is 1780. The molecule has 268 valence electrons. The van der Waals surface area contributed by atoms with Crippen molar-refractivity contribution in [2.24, 2.45) is 0 Å². The molecule has 0 aliphatic heterocycles. The first-order chi connectivity index (χ1) is 25.8. The van der Waals surface area contributed by atoms with Gasteiger partial charge in [-0.3, -0.25) is 9.59 Å². The van der Waals surface area contributed by atoms with Gasteiger partial charge >= 0.3 is 0 Å². The molecule has 2 amide bonds. The second-order valence-corrected chi connectivity index (χ2v) is 13.9. The third-order valence-electron chi connectivity index (χ3n) is 9.68. The Hall–Kier alpha value is -5.82. The molecule has 0 aliphatic carbocycles. The van der Waals surface area contributed by atoms with Crippen molar-refractivity contribution >= 4 is 11.8 Å². The molecule has 0 aliphatic rings. The van der Waals surface area contributed by atoms with Crippen molar-refractivity contribution in [2.75, 3.05) is 0 Å². The fourth-order valence-corrected chi connectivity index (χ4v) is 7.25. The first-order valence-electron chi connectivity index (χ1n) is 18.1. The molecule has 6 aromatic carbocycles. The summed E-state index contributed by atoms with van der Waals surface area (Å²) in [7, 11) is 0. The number of benzene rings is 6. The predicted molar refractivity (Wildman–Crippen MR) is 210 cm³/mol. The average Bonchev–Trinajstić information content (AvgIpc) is 3.18. The molecule has 6 nitrogen and oxygen atoms in total. The van der Waals surface area contributed by atoms with Gasteiger partial charge in [0.25, 0.3) is 0 Å². The average molecular weight is 703 g/mol. The topological polar surface area (TPSA) is 98.7 Å². The lowest BCUT2D eigenvalue weighted by atomic mass is 9.78. The molecule has 2 unspecified atom stereocenters. The van der Waals surface area contributed by atoms with Crippen LogP contribution in [0, 0.1) is 0 Å². The Kier molecular flexibility index (Phi) is 12.3. The van der Waals surface area contributed by atoms with E-state index < -0.39 is 41.5 Å². The van der Waals surface area contributed by atoms with Gasteiger partial charge in [0.2, 0.25) is 11.8 Å². The van der Waals surface area contributed by atoms with Gasteiger partial charge in [-0.15, -0.1) is 0 Å². The quantitative estimate of drug-likeness (QED) is 0.0785. The SMILES string of the molecule is O=C(CC(=O)NC(c1ccccc1)C(O)(Cc1ccccc1)Cc1ccccc1)NC(c1ccccc1)C(O)(Cc1ccccc1)Cc1ccccc1. The zero-order valence-electron chi connectivity index (χ0n) is 29.7. The minimum Gasteiger partial charge on any atom is -0.387 e. The fraction of sp³-hybridized carbons (Fsp3) is 0.191. The van der Waals surface area contributed by atoms with Crippen LogP contribution in [0.3, 0.4) is 0 Å². The van der Waals surface area contributed by atoms with Crippen LogP contribution in [0.25, 0.3) is 0 Å². The Balaban J connectivity index is 1.29. The minimum atomic E-state index is -1.45. The summed E-state index contributed by atoms with van der Waals surface area (Å²) in [4.78, 5) is 28.0. The van der Waals surface area contributed by atoms with Gasteiger partial charge in [-0.1, -0.05) is 182 Å². The van der Waals surface area contributed by atoms with E-state index in [1.165, 1.54) is 0 Å². The maximum absolute atomic E-state index is 14.0. The number of carbonyl (C=O) groups excluding carboxylic acids is 2. The summed E-state index contributed by atoms with van der Waals surface area (Å²) in [6, 6.07) is 55.9. The molecular formula is C47H46N2O4. The largest absolute Gasteiger partial charge is 0.387 e. The van der Waals surface area contributed by atoms with Crippen molar-refractivity contribution < 1.29 is 19.8 Å². The van der Waals surface area contributed by atoms with Gasteiger partial charge in [-0.2, -0.15) is 0 Å². The Labute approximate surface area is 312 Å². The van der Waals surface area contributed by atoms with E-state index in [9.17, 15) is 19.8 Å². The smallest absolute Gasteiger partial charge is 0.230 e. The van der Waals surface area contributed by atoms with Crippen LogP contribution in [0.15, 0.2) is 182 Å². The van der Waals surface area contributed by atoms with Crippen LogP contribution in [0.1, 0.15) is 51.9 Å². The van der Waals surface area contributed by atoms with E-state index >= 15 is 0 Å². The fourth-order valence-electron chi connectivity index (χ4n) is 7.25. The van der Waals surface area contributed by atoms with Gasteiger partial charge in [0, 0.05) is 25.7 Å². The first-order valence-corrected chi connectivity index (χ1v) is 18.1. The second kappa shape index (κ2) is 17.6. The predicted octanol–water partition coefficient (Wildman–Crippen LogP) is 7.52. The number of amides is 2. The van der Waals surface area contributed by atoms with E-state index in [2.05, 4.69) is 10.6 Å². The van der Waals surface area contributed by atoms with Crippen molar-refractivity contribution in [1.29, 1.82) is 0 Å². The van der Waals surface area contributed by atoms with Crippen LogP contribution in [-0.2, 0) is 35.3 Å². The first kappa shape index (κ1) is 37.0. The highest BCUT2D eigenvalue weighted by Gasteiger charge is 2.41. The lowest BCUT2D eigenvalue weighted by molar-refractivity contribution is -0.133.